The van der Waals surface area contributed by atoms with E-state index in [9.17, 15) is 0 Å². The number of nitrogens with zero attached hydrogens (tertiary/aromatic N) is 2. The number of nitrogens with one attached hydrogen (secondary N) is 2. The van der Waals surface area contributed by atoms with Crippen LogP contribution in [-0.2, 0) is 6.42 Å². The second-order valence-electron chi connectivity index (χ2n) is 6.91. The van der Waals surface area contributed by atoms with Crippen LogP contribution < -0.4 is 15.4 Å². The van der Waals surface area contributed by atoms with E-state index in [4.69, 9.17) is 4.74 Å². The van der Waals surface area contributed by atoms with Crippen LogP contribution in [0.5, 0.6) is 5.75 Å². The molecule has 0 saturated heterocycles. The van der Waals surface area contributed by atoms with Crippen molar-refractivity contribution < 1.29 is 4.74 Å². The first-order valence-corrected chi connectivity index (χ1v) is 9.51. The standard InChI is InChI=1S/C19H26N4OS/c1-13-22-14(12-25-13)9-10-21-18(20-4)23-16-11-19(2,3)24-17-8-6-5-7-15(16)17/h5-8,12,16H,9-11H2,1-4H3,(H2,20,21,23). The lowest BCUT2D eigenvalue weighted by atomic mass is 9.90. The van der Waals surface area contributed by atoms with Gasteiger partial charge in [-0.15, -0.1) is 11.3 Å². The predicted octanol–water partition coefficient (Wildman–Crippen LogP) is 3.46. The van der Waals surface area contributed by atoms with Crippen LogP contribution in [0.4, 0.5) is 0 Å². The van der Waals surface area contributed by atoms with E-state index < -0.39 is 0 Å². The number of hydrogen-bond donors (Lipinski definition) is 2. The number of thiazole rings is 1. The molecule has 0 radical (unpaired) electrons. The van der Waals surface area contributed by atoms with Crippen LogP contribution >= 0.6 is 11.3 Å². The molecule has 5 nitrogen and oxygen atoms in total. The second-order valence-corrected chi connectivity index (χ2v) is 7.97. The molecule has 1 aromatic heterocycles. The normalized spacial score (nSPS) is 19.0. The summed E-state index contributed by atoms with van der Waals surface area (Å²) in [7, 11) is 1.80. The molecular weight excluding hydrogens is 332 g/mol. The number of aromatic nitrogens is 1. The number of aryl methyl sites for hydroxylation is 1. The lowest BCUT2D eigenvalue weighted by Gasteiger charge is -2.38. The van der Waals surface area contributed by atoms with Gasteiger partial charge in [-0.05, 0) is 26.8 Å². The van der Waals surface area contributed by atoms with Gasteiger partial charge in [-0.3, -0.25) is 4.99 Å². The number of guanidine groups is 1. The summed E-state index contributed by atoms with van der Waals surface area (Å²) in [6.45, 7) is 7.08. The van der Waals surface area contributed by atoms with Gasteiger partial charge in [0.15, 0.2) is 5.96 Å². The summed E-state index contributed by atoms with van der Waals surface area (Å²) in [6, 6.07) is 8.39. The van der Waals surface area contributed by atoms with E-state index in [1.54, 1.807) is 18.4 Å². The van der Waals surface area contributed by atoms with E-state index in [1.165, 1.54) is 5.56 Å². The summed E-state index contributed by atoms with van der Waals surface area (Å²) >= 11 is 1.69. The second kappa shape index (κ2) is 7.44. The van der Waals surface area contributed by atoms with Gasteiger partial charge in [-0.2, -0.15) is 0 Å². The van der Waals surface area contributed by atoms with E-state index >= 15 is 0 Å². The molecule has 0 bridgehead atoms. The van der Waals surface area contributed by atoms with Crippen molar-refractivity contribution in [2.24, 2.45) is 4.99 Å². The molecule has 1 atom stereocenters. The SMILES string of the molecule is CN=C(NCCc1csc(C)n1)NC1CC(C)(C)Oc2ccccc21. The molecule has 1 aromatic carbocycles. The number of benzene rings is 1. The molecule has 0 amide bonds. The Labute approximate surface area is 153 Å². The van der Waals surface area contributed by atoms with Crippen LogP contribution in [0.2, 0.25) is 0 Å². The third-order valence-electron chi connectivity index (χ3n) is 4.25. The van der Waals surface area contributed by atoms with Crippen molar-refractivity contribution in [1.29, 1.82) is 0 Å². The van der Waals surface area contributed by atoms with Gasteiger partial charge in [0.1, 0.15) is 11.4 Å². The molecule has 2 aromatic rings. The van der Waals surface area contributed by atoms with Crippen molar-refractivity contribution in [2.45, 2.75) is 45.3 Å². The zero-order chi connectivity index (χ0) is 17.9. The van der Waals surface area contributed by atoms with Crippen molar-refractivity contribution in [3.8, 4) is 5.75 Å². The summed E-state index contributed by atoms with van der Waals surface area (Å²) in [5.41, 5.74) is 2.10. The first kappa shape index (κ1) is 17.7. The minimum atomic E-state index is -0.205. The molecule has 0 saturated carbocycles. The molecule has 6 heteroatoms. The molecular formula is C19H26N4OS. The van der Waals surface area contributed by atoms with Gasteiger partial charge in [-0.25, -0.2) is 4.98 Å². The quantitative estimate of drug-likeness (QED) is 0.649. The molecule has 0 spiro atoms. The average Bonchev–Trinajstić information content (AvgIpc) is 2.98. The minimum absolute atomic E-state index is 0.174. The maximum absolute atomic E-state index is 6.10. The van der Waals surface area contributed by atoms with Crippen LogP contribution in [0.3, 0.4) is 0 Å². The fourth-order valence-electron chi connectivity index (χ4n) is 3.12. The van der Waals surface area contributed by atoms with E-state index in [0.29, 0.717) is 0 Å². The monoisotopic (exact) mass is 358 g/mol. The predicted molar refractivity (Wildman–Crippen MR) is 104 cm³/mol. The van der Waals surface area contributed by atoms with E-state index in [2.05, 4.69) is 52.0 Å². The van der Waals surface area contributed by atoms with Gasteiger partial charge in [0.2, 0.25) is 0 Å². The summed E-state index contributed by atoms with van der Waals surface area (Å²) in [4.78, 5) is 8.87. The van der Waals surface area contributed by atoms with Crippen LogP contribution in [0.15, 0.2) is 34.6 Å². The lowest BCUT2D eigenvalue weighted by molar-refractivity contribution is 0.0694. The number of fused-ring (bicyclic) bond motifs is 1. The highest BCUT2D eigenvalue weighted by atomic mass is 32.1. The first-order valence-electron chi connectivity index (χ1n) is 8.63. The van der Waals surface area contributed by atoms with E-state index in [0.717, 1.165) is 41.8 Å². The van der Waals surface area contributed by atoms with E-state index in [-0.39, 0.29) is 11.6 Å². The summed E-state index contributed by atoms with van der Waals surface area (Å²) in [5.74, 6) is 1.76. The Morgan fingerprint density at radius 2 is 2.20 bits per heavy atom. The Morgan fingerprint density at radius 3 is 2.92 bits per heavy atom. The lowest BCUT2D eigenvalue weighted by Crippen LogP contribution is -2.45. The fraction of sp³-hybridized carbons (Fsp3) is 0.474. The molecule has 2 N–H and O–H groups in total. The third-order valence-corrected chi connectivity index (χ3v) is 5.07. The number of para-hydroxylation sites is 1. The molecule has 134 valence electrons. The van der Waals surface area contributed by atoms with Gasteiger partial charge in [-0.1, -0.05) is 18.2 Å². The Balaban J connectivity index is 1.63. The summed E-state index contributed by atoms with van der Waals surface area (Å²) in [6.07, 6.45) is 1.77. The molecule has 3 rings (SSSR count). The molecule has 0 fully saturated rings. The zero-order valence-electron chi connectivity index (χ0n) is 15.3. The third kappa shape index (κ3) is 4.51. The maximum atomic E-state index is 6.10. The highest BCUT2D eigenvalue weighted by molar-refractivity contribution is 7.09. The maximum Gasteiger partial charge on any atom is 0.191 e. The van der Waals surface area contributed by atoms with Crippen molar-refractivity contribution in [3.05, 3.63) is 45.9 Å². The number of hydrogen-bond acceptors (Lipinski definition) is 4. The van der Waals surface area contributed by atoms with Gasteiger partial charge in [0.05, 0.1) is 16.7 Å². The molecule has 1 aliphatic heterocycles. The fourth-order valence-corrected chi connectivity index (χ4v) is 3.77. The Hall–Kier alpha value is -2.08. The van der Waals surface area contributed by atoms with Crippen LogP contribution in [0, 0.1) is 6.92 Å². The highest BCUT2D eigenvalue weighted by Crippen LogP contribution is 2.39. The molecule has 1 aliphatic rings. The average molecular weight is 359 g/mol. The smallest absolute Gasteiger partial charge is 0.191 e. The van der Waals surface area contributed by atoms with Crippen molar-refractivity contribution in [3.63, 3.8) is 0 Å². The molecule has 2 heterocycles. The summed E-state index contributed by atoms with van der Waals surface area (Å²) in [5, 5.41) is 10.2. The largest absolute Gasteiger partial charge is 0.487 e. The Morgan fingerprint density at radius 1 is 1.40 bits per heavy atom. The van der Waals surface area contributed by atoms with Crippen LogP contribution in [0.1, 0.15) is 42.6 Å². The van der Waals surface area contributed by atoms with Gasteiger partial charge in [0, 0.05) is 37.4 Å². The van der Waals surface area contributed by atoms with Crippen LogP contribution in [-0.4, -0.2) is 30.1 Å². The highest BCUT2D eigenvalue weighted by Gasteiger charge is 2.33. The number of rotatable bonds is 4. The number of ether oxygens (including phenoxy) is 1. The van der Waals surface area contributed by atoms with Crippen LogP contribution in [0.25, 0.3) is 0 Å². The van der Waals surface area contributed by atoms with Crippen molar-refractivity contribution in [2.75, 3.05) is 13.6 Å². The first-order chi connectivity index (χ1) is 12.0. The van der Waals surface area contributed by atoms with Crippen molar-refractivity contribution in [1.82, 2.24) is 15.6 Å². The molecule has 1 unspecified atom stereocenters. The number of aliphatic imine (C=N–C) groups is 1. The molecule has 25 heavy (non-hydrogen) atoms. The van der Waals surface area contributed by atoms with Gasteiger partial charge < -0.3 is 15.4 Å². The Bertz CT molecular complexity index is 753. The van der Waals surface area contributed by atoms with Gasteiger partial charge >= 0.3 is 0 Å². The summed E-state index contributed by atoms with van der Waals surface area (Å²) < 4.78 is 6.10. The minimum Gasteiger partial charge on any atom is -0.487 e. The topological polar surface area (TPSA) is 58.5 Å². The van der Waals surface area contributed by atoms with E-state index in [1.807, 2.05) is 19.1 Å². The Kier molecular flexibility index (Phi) is 5.27. The van der Waals surface area contributed by atoms with Crippen molar-refractivity contribution >= 4 is 17.3 Å². The van der Waals surface area contributed by atoms with Gasteiger partial charge in [0.25, 0.3) is 0 Å². The zero-order valence-corrected chi connectivity index (χ0v) is 16.1. The molecule has 0 aliphatic carbocycles.